The van der Waals surface area contributed by atoms with E-state index in [-0.39, 0.29) is 5.82 Å². The molecule has 116 valence electrons. The van der Waals surface area contributed by atoms with Crippen molar-refractivity contribution in [1.29, 1.82) is 0 Å². The van der Waals surface area contributed by atoms with Gasteiger partial charge in [0.15, 0.2) is 0 Å². The Morgan fingerprint density at radius 3 is 2.61 bits per heavy atom. The van der Waals surface area contributed by atoms with Gasteiger partial charge < -0.3 is 16.0 Å². The highest BCUT2D eigenvalue weighted by atomic mass is 16.1. The number of para-hydroxylation sites is 1. The Kier molecular flexibility index (Phi) is 3.80. The largest absolute Gasteiger partial charge is 0.378 e. The monoisotopic (exact) mass is 307 g/mol. The number of benzene rings is 2. The van der Waals surface area contributed by atoms with E-state index in [1.54, 1.807) is 0 Å². The molecule has 0 fully saturated rings. The van der Waals surface area contributed by atoms with Crippen LogP contribution in [0.2, 0.25) is 0 Å². The average molecular weight is 307 g/mol. The van der Waals surface area contributed by atoms with Gasteiger partial charge in [0.2, 0.25) is 5.82 Å². The number of primary amides is 1. The zero-order chi connectivity index (χ0) is 16.4. The first-order chi connectivity index (χ1) is 11.0. The number of nitrogens with one attached hydrogen (secondary N) is 1. The van der Waals surface area contributed by atoms with Crippen LogP contribution in [-0.4, -0.2) is 30.0 Å². The van der Waals surface area contributed by atoms with Crippen molar-refractivity contribution in [2.75, 3.05) is 24.3 Å². The van der Waals surface area contributed by atoms with Crippen LogP contribution >= 0.6 is 0 Å². The molecule has 3 rings (SSSR count). The number of hydrogen-bond donors (Lipinski definition) is 2. The first-order valence-corrected chi connectivity index (χ1v) is 7.15. The van der Waals surface area contributed by atoms with Crippen LogP contribution < -0.4 is 16.0 Å². The highest BCUT2D eigenvalue weighted by Gasteiger charge is 2.11. The summed E-state index contributed by atoms with van der Waals surface area (Å²) in [5, 5.41) is 4.08. The van der Waals surface area contributed by atoms with Crippen molar-refractivity contribution in [3.05, 3.63) is 54.4 Å². The predicted molar refractivity (Wildman–Crippen MR) is 92.1 cm³/mol. The average Bonchev–Trinajstić information content (AvgIpc) is 2.55. The van der Waals surface area contributed by atoms with Crippen molar-refractivity contribution in [3.63, 3.8) is 0 Å². The molecule has 23 heavy (non-hydrogen) atoms. The van der Waals surface area contributed by atoms with Gasteiger partial charge >= 0.3 is 0 Å². The number of rotatable bonds is 4. The minimum absolute atomic E-state index is 0.00466. The lowest BCUT2D eigenvalue weighted by Crippen LogP contribution is -2.16. The molecule has 6 nitrogen and oxygen atoms in total. The van der Waals surface area contributed by atoms with E-state index >= 15 is 0 Å². The van der Waals surface area contributed by atoms with Gasteiger partial charge in [-0.05, 0) is 30.3 Å². The SMILES string of the molecule is CN(C)c1cccc(Nc2nc(C(N)=O)nc3ccccc23)c1. The van der Waals surface area contributed by atoms with Crippen molar-refractivity contribution in [1.82, 2.24) is 9.97 Å². The maximum absolute atomic E-state index is 11.5. The number of aromatic nitrogens is 2. The number of hydrogen-bond acceptors (Lipinski definition) is 5. The highest BCUT2D eigenvalue weighted by Crippen LogP contribution is 2.25. The summed E-state index contributed by atoms with van der Waals surface area (Å²) < 4.78 is 0. The number of nitrogens with zero attached hydrogens (tertiary/aromatic N) is 3. The molecule has 0 aliphatic heterocycles. The van der Waals surface area contributed by atoms with E-state index in [4.69, 9.17) is 5.73 Å². The van der Waals surface area contributed by atoms with Crippen LogP contribution in [0, 0.1) is 0 Å². The molecule has 0 atom stereocenters. The molecule has 1 aromatic heterocycles. The zero-order valence-electron chi connectivity index (χ0n) is 12.9. The van der Waals surface area contributed by atoms with Crippen LogP contribution in [-0.2, 0) is 0 Å². The van der Waals surface area contributed by atoms with Gasteiger partial charge in [-0.2, -0.15) is 0 Å². The normalized spacial score (nSPS) is 10.5. The van der Waals surface area contributed by atoms with E-state index in [1.165, 1.54) is 0 Å². The minimum Gasteiger partial charge on any atom is -0.378 e. The predicted octanol–water partition coefficient (Wildman–Crippen LogP) is 2.54. The van der Waals surface area contributed by atoms with Crippen LogP contribution in [0.4, 0.5) is 17.2 Å². The van der Waals surface area contributed by atoms with Gasteiger partial charge in [-0.25, -0.2) is 9.97 Å². The van der Waals surface area contributed by atoms with Crippen molar-refractivity contribution in [3.8, 4) is 0 Å². The number of carbonyl (C=O) groups excluding carboxylic acids is 1. The van der Waals surface area contributed by atoms with Gasteiger partial charge in [0.05, 0.1) is 5.52 Å². The van der Waals surface area contributed by atoms with Gasteiger partial charge in [0, 0.05) is 30.9 Å². The quantitative estimate of drug-likeness (QED) is 0.774. The van der Waals surface area contributed by atoms with Crippen LogP contribution in [0.5, 0.6) is 0 Å². The van der Waals surface area contributed by atoms with Crippen LogP contribution in [0.15, 0.2) is 48.5 Å². The first-order valence-electron chi connectivity index (χ1n) is 7.15. The molecule has 0 bridgehead atoms. The van der Waals surface area contributed by atoms with E-state index in [0.717, 1.165) is 16.8 Å². The molecule has 0 aliphatic rings. The lowest BCUT2D eigenvalue weighted by Gasteiger charge is -2.15. The molecule has 1 heterocycles. The summed E-state index contributed by atoms with van der Waals surface area (Å²) in [6.45, 7) is 0. The molecule has 3 N–H and O–H groups in total. The summed E-state index contributed by atoms with van der Waals surface area (Å²) in [7, 11) is 3.95. The fraction of sp³-hybridized carbons (Fsp3) is 0.118. The Hall–Kier alpha value is -3.15. The summed E-state index contributed by atoms with van der Waals surface area (Å²) in [6, 6.07) is 15.4. The molecule has 6 heteroatoms. The van der Waals surface area contributed by atoms with Gasteiger partial charge in [-0.1, -0.05) is 18.2 Å². The Labute approximate surface area is 134 Å². The Morgan fingerprint density at radius 1 is 1.09 bits per heavy atom. The van der Waals surface area contributed by atoms with E-state index in [1.807, 2.05) is 67.5 Å². The van der Waals surface area contributed by atoms with E-state index < -0.39 is 5.91 Å². The maximum Gasteiger partial charge on any atom is 0.286 e. The summed E-state index contributed by atoms with van der Waals surface area (Å²) >= 11 is 0. The third-order valence-corrected chi connectivity index (χ3v) is 3.45. The molecule has 2 aromatic carbocycles. The van der Waals surface area contributed by atoms with Crippen molar-refractivity contribution in [2.24, 2.45) is 5.73 Å². The third kappa shape index (κ3) is 3.06. The van der Waals surface area contributed by atoms with E-state index in [9.17, 15) is 4.79 Å². The standard InChI is InChI=1S/C17H17N5O/c1-22(2)12-7-5-6-11(10-12)19-16-13-8-3-4-9-14(13)20-17(21-16)15(18)23/h3-10H,1-2H3,(H2,18,23)(H,19,20,21). The van der Waals surface area contributed by atoms with E-state index in [0.29, 0.717) is 11.3 Å². The van der Waals surface area contributed by atoms with Crippen LogP contribution in [0.1, 0.15) is 10.6 Å². The summed E-state index contributed by atoms with van der Waals surface area (Å²) in [6.07, 6.45) is 0. The van der Waals surface area contributed by atoms with Crippen molar-refractivity contribution >= 4 is 34.0 Å². The second kappa shape index (κ2) is 5.92. The third-order valence-electron chi connectivity index (χ3n) is 3.45. The Bertz CT molecular complexity index is 876. The lowest BCUT2D eigenvalue weighted by atomic mass is 10.2. The van der Waals surface area contributed by atoms with Crippen molar-refractivity contribution < 1.29 is 4.79 Å². The van der Waals surface area contributed by atoms with Gasteiger partial charge in [0.1, 0.15) is 5.82 Å². The summed E-state index contributed by atoms with van der Waals surface area (Å²) in [5.74, 6) is -0.101. The Morgan fingerprint density at radius 2 is 1.87 bits per heavy atom. The topological polar surface area (TPSA) is 84.1 Å². The molecular weight excluding hydrogens is 290 g/mol. The van der Waals surface area contributed by atoms with Gasteiger partial charge in [-0.3, -0.25) is 4.79 Å². The second-order valence-corrected chi connectivity index (χ2v) is 5.35. The molecule has 1 amide bonds. The number of anilines is 3. The Balaban J connectivity index is 2.08. The maximum atomic E-state index is 11.5. The van der Waals surface area contributed by atoms with Gasteiger partial charge in [-0.15, -0.1) is 0 Å². The number of amides is 1. The number of fused-ring (bicyclic) bond motifs is 1. The summed E-state index contributed by atoms with van der Waals surface area (Å²) in [5.41, 5.74) is 7.93. The zero-order valence-corrected chi connectivity index (χ0v) is 12.9. The molecular formula is C17H17N5O. The van der Waals surface area contributed by atoms with Crippen molar-refractivity contribution in [2.45, 2.75) is 0 Å². The molecule has 0 spiro atoms. The molecule has 0 radical (unpaired) electrons. The fourth-order valence-corrected chi connectivity index (χ4v) is 2.28. The number of carbonyl (C=O) groups is 1. The van der Waals surface area contributed by atoms with Gasteiger partial charge in [0.25, 0.3) is 5.91 Å². The second-order valence-electron chi connectivity index (χ2n) is 5.35. The first kappa shape index (κ1) is 14.8. The molecule has 0 aliphatic carbocycles. The smallest absolute Gasteiger partial charge is 0.286 e. The highest BCUT2D eigenvalue weighted by molar-refractivity contribution is 5.96. The lowest BCUT2D eigenvalue weighted by molar-refractivity contribution is 0.0991. The van der Waals surface area contributed by atoms with E-state index in [2.05, 4.69) is 15.3 Å². The van der Waals surface area contributed by atoms with Crippen LogP contribution in [0.3, 0.4) is 0 Å². The molecule has 0 unspecified atom stereocenters. The molecule has 3 aromatic rings. The minimum atomic E-state index is -0.652. The van der Waals surface area contributed by atoms with Crippen LogP contribution in [0.25, 0.3) is 10.9 Å². The molecule has 0 saturated heterocycles. The fourth-order valence-electron chi connectivity index (χ4n) is 2.28. The molecule has 0 saturated carbocycles. The summed E-state index contributed by atoms with van der Waals surface area (Å²) in [4.78, 5) is 21.9. The number of nitrogens with two attached hydrogens (primary N) is 1.